The molecule has 2 aromatic rings. The fourth-order valence-electron chi connectivity index (χ4n) is 4.11. The van der Waals surface area contributed by atoms with Crippen molar-refractivity contribution in [2.75, 3.05) is 24.5 Å². The van der Waals surface area contributed by atoms with E-state index in [0.717, 1.165) is 50.3 Å². The number of likely N-dealkylation sites (tertiary alicyclic amines) is 1. The Morgan fingerprint density at radius 2 is 2.23 bits per heavy atom. The highest BCUT2D eigenvalue weighted by atomic mass is 16.3. The van der Waals surface area contributed by atoms with Crippen molar-refractivity contribution in [3.05, 3.63) is 41.7 Å². The molecule has 134 valence electrons. The summed E-state index contributed by atoms with van der Waals surface area (Å²) in [6, 6.07) is 4.08. The molecule has 2 aromatic heterocycles. The fourth-order valence-corrected chi connectivity index (χ4v) is 4.11. The van der Waals surface area contributed by atoms with E-state index in [0.29, 0.717) is 17.4 Å². The van der Waals surface area contributed by atoms with Crippen LogP contribution in [0.15, 0.2) is 29.1 Å². The second kappa shape index (κ2) is 6.79. The summed E-state index contributed by atoms with van der Waals surface area (Å²) < 4.78 is 5.42. The molecule has 0 aromatic carbocycles. The summed E-state index contributed by atoms with van der Waals surface area (Å²) in [7, 11) is 0. The summed E-state index contributed by atoms with van der Waals surface area (Å²) in [5.74, 6) is 1.56. The third-order valence-corrected chi connectivity index (χ3v) is 5.33. The van der Waals surface area contributed by atoms with Gasteiger partial charge in [-0.15, -0.1) is 0 Å². The average molecular weight is 351 g/mol. The van der Waals surface area contributed by atoms with Crippen molar-refractivity contribution < 1.29 is 9.21 Å². The normalized spacial score (nSPS) is 22.6. The van der Waals surface area contributed by atoms with Crippen LogP contribution in [0.3, 0.4) is 0 Å². The fraction of sp³-hybridized carbons (Fsp3) is 0.474. The van der Waals surface area contributed by atoms with Crippen molar-refractivity contribution in [3.8, 4) is 6.07 Å². The largest absolute Gasteiger partial charge is 0.459 e. The number of hydrogen-bond donors (Lipinski definition) is 0. The predicted molar refractivity (Wildman–Crippen MR) is 94.6 cm³/mol. The lowest BCUT2D eigenvalue weighted by atomic mass is 9.83. The van der Waals surface area contributed by atoms with Crippen molar-refractivity contribution in [2.45, 2.75) is 32.2 Å². The van der Waals surface area contributed by atoms with E-state index in [1.165, 1.54) is 6.20 Å². The molecule has 0 saturated carbocycles. The lowest BCUT2D eigenvalue weighted by molar-refractivity contribution is 0.0418. The Kier molecular flexibility index (Phi) is 4.33. The van der Waals surface area contributed by atoms with Gasteiger partial charge in [0.25, 0.3) is 5.91 Å². The van der Waals surface area contributed by atoms with Crippen molar-refractivity contribution >= 4 is 11.7 Å². The first kappa shape index (κ1) is 16.6. The zero-order valence-electron chi connectivity index (χ0n) is 14.8. The summed E-state index contributed by atoms with van der Waals surface area (Å²) in [6.07, 6.45) is 7.77. The standard InChI is InChI=1S/C19H21N5O2/c1-13-7-17(26-12-13)19(25)24-5-2-3-14-11-23(6-4-16(14)24)18-10-21-9-15(8-20)22-18/h7,9-10,12,14,16H,2-6,11H2,1H3. The number of fused-ring (bicyclic) bond motifs is 1. The number of aryl methyl sites for hydroxylation is 1. The Hall–Kier alpha value is -2.88. The van der Waals surface area contributed by atoms with Gasteiger partial charge in [-0.3, -0.25) is 9.78 Å². The molecule has 2 aliphatic heterocycles. The molecule has 2 saturated heterocycles. The molecule has 4 heterocycles. The van der Waals surface area contributed by atoms with Crippen LogP contribution in [0.4, 0.5) is 5.82 Å². The van der Waals surface area contributed by atoms with Gasteiger partial charge in [-0.1, -0.05) is 0 Å². The zero-order valence-corrected chi connectivity index (χ0v) is 14.8. The van der Waals surface area contributed by atoms with Gasteiger partial charge in [0, 0.05) is 25.7 Å². The highest BCUT2D eigenvalue weighted by Crippen LogP contribution is 2.33. The molecule has 0 radical (unpaired) electrons. The molecule has 7 nitrogen and oxygen atoms in total. The quantitative estimate of drug-likeness (QED) is 0.826. The highest BCUT2D eigenvalue weighted by molar-refractivity contribution is 5.92. The van der Waals surface area contributed by atoms with Gasteiger partial charge < -0.3 is 14.2 Å². The molecule has 7 heteroatoms. The number of rotatable bonds is 2. The van der Waals surface area contributed by atoms with Crippen LogP contribution in [0.25, 0.3) is 0 Å². The number of nitrogens with zero attached hydrogens (tertiary/aromatic N) is 5. The Bertz CT molecular complexity index is 856. The van der Waals surface area contributed by atoms with Gasteiger partial charge in [-0.05, 0) is 43.7 Å². The minimum Gasteiger partial charge on any atom is -0.459 e. The summed E-state index contributed by atoms with van der Waals surface area (Å²) >= 11 is 0. The van der Waals surface area contributed by atoms with E-state index in [9.17, 15) is 4.79 Å². The molecular weight excluding hydrogens is 330 g/mol. The van der Waals surface area contributed by atoms with Crippen LogP contribution in [-0.2, 0) is 0 Å². The summed E-state index contributed by atoms with van der Waals surface area (Å²) in [5, 5.41) is 9.03. The maximum absolute atomic E-state index is 12.9. The summed E-state index contributed by atoms with van der Waals surface area (Å²) in [4.78, 5) is 25.5. The molecule has 4 rings (SSSR count). The smallest absolute Gasteiger partial charge is 0.289 e. The first-order chi connectivity index (χ1) is 12.7. The number of hydrogen-bond acceptors (Lipinski definition) is 6. The van der Waals surface area contributed by atoms with Crippen LogP contribution in [-0.4, -0.2) is 46.5 Å². The lowest BCUT2D eigenvalue weighted by Gasteiger charge is -2.47. The van der Waals surface area contributed by atoms with Crippen LogP contribution in [0.5, 0.6) is 0 Å². The van der Waals surface area contributed by atoms with E-state index in [1.54, 1.807) is 12.5 Å². The van der Waals surface area contributed by atoms with Gasteiger partial charge >= 0.3 is 0 Å². The summed E-state index contributed by atoms with van der Waals surface area (Å²) in [5.41, 5.74) is 1.30. The predicted octanol–water partition coefficient (Wildman–Crippen LogP) is 2.38. The molecule has 2 atom stereocenters. The SMILES string of the molecule is Cc1coc(C(=O)N2CCCC3CN(c4cncc(C#N)n4)CCC32)c1. The second-order valence-corrected chi connectivity index (χ2v) is 7.07. The van der Waals surface area contributed by atoms with Crippen LogP contribution in [0.1, 0.15) is 41.1 Å². The van der Waals surface area contributed by atoms with Gasteiger partial charge in [-0.2, -0.15) is 5.26 Å². The van der Waals surface area contributed by atoms with E-state index in [-0.39, 0.29) is 11.9 Å². The van der Waals surface area contributed by atoms with E-state index >= 15 is 0 Å². The van der Waals surface area contributed by atoms with Gasteiger partial charge in [0.05, 0.1) is 18.7 Å². The van der Waals surface area contributed by atoms with Gasteiger partial charge in [0.1, 0.15) is 11.9 Å². The molecular formula is C19H21N5O2. The second-order valence-electron chi connectivity index (χ2n) is 7.07. The third kappa shape index (κ3) is 3.03. The number of aromatic nitrogens is 2. The number of piperidine rings is 2. The molecule has 0 aliphatic carbocycles. The number of carbonyl (C=O) groups excluding carboxylic acids is 1. The molecule has 2 aliphatic rings. The molecule has 0 N–H and O–H groups in total. The number of nitriles is 1. The first-order valence-electron chi connectivity index (χ1n) is 8.99. The highest BCUT2D eigenvalue weighted by Gasteiger charge is 2.39. The summed E-state index contributed by atoms with van der Waals surface area (Å²) in [6.45, 7) is 4.33. The number of carbonyl (C=O) groups is 1. The van der Waals surface area contributed by atoms with Crippen molar-refractivity contribution in [3.63, 3.8) is 0 Å². The maximum Gasteiger partial charge on any atom is 0.289 e. The van der Waals surface area contributed by atoms with Crippen molar-refractivity contribution in [1.29, 1.82) is 5.26 Å². The van der Waals surface area contributed by atoms with Crippen LogP contribution in [0.2, 0.25) is 0 Å². The topological polar surface area (TPSA) is 86.3 Å². The van der Waals surface area contributed by atoms with Gasteiger partial charge in [0.2, 0.25) is 0 Å². The Morgan fingerprint density at radius 1 is 1.35 bits per heavy atom. The van der Waals surface area contributed by atoms with Gasteiger partial charge in [0.15, 0.2) is 11.5 Å². The van der Waals surface area contributed by atoms with Crippen molar-refractivity contribution in [2.24, 2.45) is 5.92 Å². The molecule has 2 fully saturated rings. The first-order valence-corrected chi connectivity index (χ1v) is 8.99. The van der Waals surface area contributed by atoms with Crippen molar-refractivity contribution in [1.82, 2.24) is 14.9 Å². The monoisotopic (exact) mass is 351 g/mol. The number of amides is 1. The number of anilines is 1. The Labute approximate surface area is 152 Å². The van der Waals surface area contributed by atoms with Gasteiger partial charge in [-0.25, -0.2) is 4.98 Å². The van der Waals surface area contributed by atoms with E-state index < -0.39 is 0 Å². The van der Waals surface area contributed by atoms with Crippen LogP contribution < -0.4 is 4.90 Å². The van der Waals surface area contributed by atoms with Crippen LogP contribution >= 0.6 is 0 Å². The molecule has 1 amide bonds. The van der Waals surface area contributed by atoms with E-state index in [1.807, 2.05) is 24.0 Å². The van der Waals surface area contributed by atoms with Crippen LogP contribution in [0, 0.1) is 24.2 Å². The molecule has 0 bridgehead atoms. The zero-order chi connectivity index (χ0) is 18.1. The van der Waals surface area contributed by atoms with E-state index in [2.05, 4.69) is 14.9 Å². The lowest BCUT2D eigenvalue weighted by Crippen LogP contribution is -2.56. The number of furan rings is 1. The molecule has 26 heavy (non-hydrogen) atoms. The Morgan fingerprint density at radius 3 is 3.00 bits per heavy atom. The Balaban J connectivity index is 1.50. The maximum atomic E-state index is 12.9. The average Bonchev–Trinajstić information content (AvgIpc) is 3.13. The minimum absolute atomic E-state index is 0.00693. The minimum atomic E-state index is -0.00693. The molecule has 0 spiro atoms. The van der Waals surface area contributed by atoms with E-state index in [4.69, 9.17) is 9.68 Å². The molecule has 2 unspecified atom stereocenters. The third-order valence-electron chi connectivity index (χ3n) is 5.33.